The van der Waals surface area contributed by atoms with Crippen molar-refractivity contribution < 1.29 is 9.53 Å². The van der Waals surface area contributed by atoms with Gasteiger partial charge in [-0.05, 0) is 49.3 Å². The molecule has 2 rings (SSSR count). The maximum atomic E-state index is 11.6. The first-order chi connectivity index (χ1) is 9.67. The van der Waals surface area contributed by atoms with E-state index >= 15 is 0 Å². The van der Waals surface area contributed by atoms with Crippen molar-refractivity contribution in [3.05, 3.63) is 24.3 Å². The molecule has 0 aromatic heterocycles. The number of hydrogen-bond donors (Lipinski definition) is 4. The third-order valence-corrected chi connectivity index (χ3v) is 2.99. The Morgan fingerprint density at radius 3 is 2.60 bits per heavy atom. The van der Waals surface area contributed by atoms with Gasteiger partial charge < -0.3 is 15.4 Å². The fourth-order valence-corrected chi connectivity index (χ4v) is 1.73. The highest BCUT2D eigenvalue weighted by Gasteiger charge is 2.21. The summed E-state index contributed by atoms with van der Waals surface area (Å²) in [4.78, 5) is 11.6. The van der Waals surface area contributed by atoms with E-state index in [0.717, 1.165) is 24.3 Å². The van der Waals surface area contributed by atoms with Gasteiger partial charge >= 0.3 is 0 Å². The van der Waals surface area contributed by atoms with Crippen molar-refractivity contribution in [2.45, 2.75) is 18.9 Å². The van der Waals surface area contributed by atoms with Crippen LogP contribution in [-0.4, -0.2) is 30.7 Å². The van der Waals surface area contributed by atoms with Crippen molar-refractivity contribution >= 4 is 28.9 Å². The molecule has 1 aromatic rings. The summed E-state index contributed by atoms with van der Waals surface area (Å²) in [5.41, 5.74) is 6.04. The lowest BCUT2D eigenvalue weighted by atomic mass is 10.3. The Bertz CT molecular complexity index is 474. The van der Waals surface area contributed by atoms with Crippen molar-refractivity contribution in [2.24, 2.45) is 0 Å². The van der Waals surface area contributed by atoms with Gasteiger partial charge in [0.2, 0.25) is 0 Å². The topological polar surface area (TPSA) is 74.4 Å². The molecule has 6 nitrogen and oxygen atoms in total. The first-order valence-corrected chi connectivity index (χ1v) is 6.81. The third kappa shape index (κ3) is 4.93. The van der Waals surface area contributed by atoms with Crippen LogP contribution in [0.25, 0.3) is 0 Å². The second-order valence-corrected chi connectivity index (χ2v) is 4.91. The molecule has 0 saturated heterocycles. The molecule has 0 radical (unpaired) electrons. The zero-order chi connectivity index (χ0) is 14.4. The van der Waals surface area contributed by atoms with Crippen LogP contribution in [0.1, 0.15) is 12.8 Å². The lowest BCUT2D eigenvalue weighted by molar-refractivity contribution is -0.119. The molecule has 7 heteroatoms. The molecule has 0 bridgehead atoms. The van der Waals surface area contributed by atoms with E-state index in [2.05, 4.69) is 21.5 Å². The van der Waals surface area contributed by atoms with Crippen LogP contribution in [0.5, 0.6) is 5.75 Å². The van der Waals surface area contributed by atoms with Gasteiger partial charge in [-0.1, -0.05) is 0 Å². The highest BCUT2D eigenvalue weighted by Crippen LogP contribution is 2.18. The van der Waals surface area contributed by atoms with E-state index in [1.807, 2.05) is 24.3 Å². The SMILES string of the molecule is COc1ccc(NCC(=O)NNC(=S)NC2CC2)cc1. The minimum Gasteiger partial charge on any atom is -0.497 e. The monoisotopic (exact) mass is 294 g/mol. The number of carbonyl (C=O) groups is 1. The molecule has 0 aliphatic heterocycles. The van der Waals surface area contributed by atoms with Crippen LogP contribution < -0.4 is 26.2 Å². The number of hydrazine groups is 1. The number of rotatable bonds is 5. The Hall–Kier alpha value is -2.02. The van der Waals surface area contributed by atoms with Crippen LogP contribution in [0, 0.1) is 0 Å². The van der Waals surface area contributed by atoms with Crippen LogP contribution in [0.3, 0.4) is 0 Å². The van der Waals surface area contributed by atoms with Crippen molar-refractivity contribution in [3.8, 4) is 5.75 Å². The molecule has 1 aromatic carbocycles. The van der Waals surface area contributed by atoms with Gasteiger partial charge in [0.1, 0.15) is 5.75 Å². The minimum absolute atomic E-state index is 0.158. The summed E-state index contributed by atoms with van der Waals surface area (Å²) in [5, 5.41) is 6.52. The number of benzene rings is 1. The molecule has 0 atom stereocenters. The van der Waals surface area contributed by atoms with Crippen molar-refractivity contribution in [3.63, 3.8) is 0 Å². The largest absolute Gasteiger partial charge is 0.497 e. The van der Waals surface area contributed by atoms with E-state index in [-0.39, 0.29) is 12.5 Å². The molecule has 0 unspecified atom stereocenters. The number of ether oxygens (including phenoxy) is 1. The molecule has 20 heavy (non-hydrogen) atoms. The summed E-state index contributed by atoms with van der Waals surface area (Å²) >= 11 is 5.02. The molecule has 0 spiro atoms. The van der Waals surface area contributed by atoms with Crippen molar-refractivity contribution in [2.75, 3.05) is 19.0 Å². The Labute approximate surface area is 123 Å². The van der Waals surface area contributed by atoms with E-state index in [0.29, 0.717) is 11.2 Å². The lowest BCUT2D eigenvalue weighted by Crippen LogP contribution is -2.48. The van der Waals surface area contributed by atoms with Crippen LogP contribution in [0.2, 0.25) is 0 Å². The maximum absolute atomic E-state index is 11.6. The number of anilines is 1. The highest BCUT2D eigenvalue weighted by atomic mass is 32.1. The van der Waals surface area contributed by atoms with Gasteiger partial charge in [0.25, 0.3) is 5.91 Å². The van der Waals surface area contributed by atoms with Gasteiger partial charge in [-0.3, -0.25) is 15.6 Å². The van der Waals surface area contributed by atoms with Gasteiger partial charge in [0.15, 0.2) is 5.11 Å². The Morgan fingerprint density at radius 2 is 2.00 bits per heavy atom. The molecule has 1 fully saturated rings. The second kappa shape index (κ2) is 6.95. The molecular formula is C13H18N4O2S. The standard InChI is InChI=1S/C13H18N4O2S/c1-19-11-6-4-9(5-7-11)14-8-12(18)16-17-13(20)15-10-2-3-10/h4-7,10,14H,2-3,8H2,1H3,(H,16,18)(H2,15,17,20). The summed E-state index contributed by atoms with van der Waals surface area (Å²) in [5.74, 6) is 0.582. The number of amides is 1. The van der Waals surface area contributed by atoms with Crippen LogP contribution in [0.4, 0.5) is 5.69 Å². The van der Waals surface area contributed by atoms with E-state index in [9.17, 15) is 4.79 Å². The predicted octanol–water partition coefficient (Wildman–Crippen LogP) is 0.765. The fraction of sp³-hybridized carbons (Fsp3) is 0.385. The summed E-state index contributed by atoms with van der Waals surface area (Å²) in [7, 11) is 1.61. The number of nitrogens with one attached hydrogen (secondary N) is 4. The number of carbonyl (C=O) groups excluding carboxylic acids is 1. The average molecular weight is 294 g/mol. The van der Waals surface area contributed by atoms with Crippen molar-refractivity contribution in [1.29, 1.82) is 0 Å². The molecule has 1 aliphatic carbocycles. The van der Waals surface area contributed by atoms with E-state index in [4.69, 9.17) is 17.0 Å². The van der Waals surface area contributed by atoms with E-state index < -0.39 is 0 Å². The molecule has 1 saturated carbocycles. The average Bonchev–Trinajstić information content (AvgIpc) is 3.27. The quantitative estimate of drug-likeness (QED) is 0.475. The zero-order valence-electron chi connectivity index (χ0n) is 11.2. The molecule has 1 amide bonds. The molecule has 108 valence electrons. The first kappa shape index (κ1) is 14.4. The maximum Gasteiger partial charge on any atom is 0.257 e. The summed E-state index contributed by atoms with van der Waals surface area (Å²) in [6.45, 7) is 0.158. The normalized spacial score (nSPS) is 13.2. The molecule has 0 heterocycles. The van der Waals surface area contributed by atoms with Crippen LogP contribution in [0.15, 0.2) is 24.3 Å². The molecule has 1 aliphatic rings. The third-order valence-electron chi connectivity index (χ3n) is 2.77. The smallest absolute Gasteiger partial charge is 0.257 e. The zero-order valence-corrected chi connectivity index (χ0v) is 12.0. The second-order valence-electron chi connectivity index (χ2n) is 4.50. The fourth-order valence-electron chi connectivity index (χ4n) is 1.51. The van der Waals surface area contributed by atoms with Crippen LogP contribution >= 0.6 is 12.2 Å². The minimum atomic E-state index is -0.194. The Morgan fingerprint density at radius 1 is 1.30 bits per heavy atom. The van der Waals surface area contributed by atoms with Gasteiger partial charge in [-0.25, -0.2) is 0 Å². The highest BCUT2D eigenvalue weighted by molar-refractivity contribution is 7.80. The molecular weight excluding hydrogens is 276 g/mol. The Balaban J connectivity index is 1.64. The number of methoxy groups -OCH3 is 1. The van der Waals surface area contributed by atoms with Gasteiger partial charge in [-0.2, -0.15) is 0 Å². The number of hydrogen-bond acceptors (Lipinski definition) is 4. The van der Waals surface area contributed by atoms with Gasteiger partial charge in [0, 0.05) is 11.7 Å². The first-order valence-electron chi connectivity index (χ1n) is 6.40. The van der Waals surface area contributed by atoms with Crippen molar-refractivity contribution in [1.82, 2.24) is 16.2 Å². The lowest BCUT2D eigenvalue weighted by Gasteiger charge is -2.11. The Kier molecular flexibility index (Phi) is 5.00. The van der Waals surface area contributed by atoms with E-state index in [1.165, 1.54) is 0 Å². The molecule has 4 N–H and O–H groups in total. The predicted molar refractivity (Wildman–Crippen MR) is 81.5 cm³/mol. The summed E-state index contributed by atoms with van der Waals surface area (Å²) in [6.07, 6.45) is 2.27. The summed E-state index contributed by atoms with van der Waals surface area (Å²) in [6, 6.07) is 7.81. The number of thiocarbonyl (C=S) groups is 1. The van der Waals surface area contributed by atoms with Gasteiger partial charge in [0.05, 0.1) is 13.7 Å². The van der Waals surface area contributed by atoms with Gasteiger partial charge in [-0.15, -0.1) is 0 Å². The summed E-state index contributed by atoms with van der Waals surface area (Å²) < 4.78 is 5.06. The van der Waals surface area contributed by atoms with Crippen LogP contribution in [-0.2, 0) is 4.79 Å². The van der Waals surface area contributed by atoms with E-state index in [1.54, 1.807) is 7.11 Å².